The molecule has 2 aromatic rings. The molecule has 3 rings (SSSR count). The topological polar surface area (TPSA) is 136 Å². The van der Waals surface area contributed by atoms with E-state index in [9.17, 15) is 24.0 Å². The molecule has 0 spiro atoms. The van der Waals surface area contributed by atoms with E-state index in [2.05, 4.69) is 0 Å². The molecule has 0 radical (unpaired) electrons. The second-order valence-electron chi connectivity index (χ2n) is 6.34. The van der Waals surface area contributed by atoms with Crippen molar-refractivity contribution >= 4 is 29.7 Å². The molecule has 0 fully saturated rings. The number of nitrogens with one attached hydrogen (secondary N) is 1. The van der Waals surface area contributed by atoms with Gasteiger partial charge in [0.1, 0.15) is 0 Å². The highest BCUT2D eigenvalue weighted by Gasteiger charge is 2.35. The summed E-state index contributed by atoms with van der Waals surface area (Å²) in [7, 11) is 0. The molecule has 0 saturated carbocycles. The molecule has 148 valence electrons. The first-order valence-electron chi connectivity index (χ1n) is 8.63. The average molecular weight is 395 g/mol. The molecule has 0 aliphatic carbocycles. The summed E-state index contributed by atoms with van der Waals surface area (Å²) in [5.41, 5.74) is 6.18. The first kappa shape index (κ1) is 19.7. The summed E-state index contributed by atoms with van der Waals surface area (Å²) in [6.45, 7) is 1.27. The Morgan fingerprint density at radius 1 is 1.03 bits per heavy atom. The van der Waals surface area contributed by atoms with E-state index < -0.39 is 35.8 Å². The van der Waals surface area contributed by atoms with Crippen molar-refractivity contribution in [2.45, 2.75) is 19.6 Å². The number of imide groups is 2. The summed E-state index contributed by atoms with van der Waals surface area (Å²) in [4.78, 5) is 60.6. The van der Waals surface area contributed by atoms with E-state index >= 15 is 0 Å². The predicted octanol–water partition coefficient (Wildman–Crippen LogP) is 1.22. The minimum absolute atomic E-state index is 0.0226. The number of esters is 1. The van der Waals surface area contributed by atoms with Gasteiger partial charge in [-0.05, 0) is 36.8 Å². The normalized spacial score (nSPS) is 13.6. The van der Waals surface area contributed by atoms with Gasteiger partial charge >= 0.3 is 12.0 Å². The van der Waals surface area contributed by atoms with Crippen LogP contribution in [0, 0.1) is 0 Å². The fourth-order valence-electron chi connectivity index (χ4n) is 2.87. The van der Waals surface area contributed by atoms with E-state index in [-0.39, 0.29) is 12.1 Å². The first-order chi connectivity index (χ1) is 13.8. The molecule has 1 aliphatic rings. The van der Waals surface area contributed by atoms with Crippen LogP contribution in [0.2, 0.25) is 0 Å². The van der Waals surface area contributed by atoms with Crippen molar-refractivity contribution in [2.75, 3.05) is 0 Å². The SMILES string of the molecule is C[C@@H](OC(=O)c1cccc(CN2C(=O)c3ccccc3C2=O)c1)C(=O)NC(N)=O. The third-order valence-corrected chi connectivity index (χ3v) is 4.28. The Bertz CT molecular complexity index is 997. The fraction of sp³-hybridized carbons (Fsp3) is 0.150. The summed E-state index contributed by atoms with van der Waals surface area (Å²) in [5, 5.41) is 1.82. The number of primary amides is 1. The molecule has 5 amide bonds. The number of hydrogen-bond donors (Lipinski definition) is 2. The number of carbonyl (C=O) groups is 5. The monoisotopic (exact) mass is 395 g/mol. The van der Waals surface area contributed by atoms with Gasteiger partial charge in [-0.25, -0.2) is 9.59 Å². The van der Waals surface area contributed by atoms with Crippen LogP contribution in [-0.4, -0.2) is 40.7 Å². The molecule has 9 heteroatoms. The zero-order valence-electron chi connectivity index (χ0n) is 15.4. The number of nitrogens with zero attached hydrogens (tertiary/aromatic N) is 1. The standard InChI is InChI=1S/C20H17N3O6/c1-11(16(24)22-20(21)28)29-19(27)13-6-4-5-12(9-13)10-23-17(25)14-7-2-3-8-15(14)18(23)26/h2-9,11H,10H2,1H3,(H3,21,22,24,28)/t11-/m1/s1. The second kappa shape index (κ2) is 7.93. The summed E-state index contributed by atoms with van der Waals surface area (Å²) < 4.78 is 5.01. The Hall–Kier alpha value is -4.01. The van der Waals surface area contributed by atoms with Crippen LogP contribution in [-0.2, 0) is 16.1 Å². The Morgan fingerprint density at radius 3 is 2.24 bits per heavy atom. The molecule has 9 nitrogen and oxygen atoms in total. The van der Waals surface area contributed by atoms with Crippen LogP contribution in [0.25, 0.3) is 0 Å². The number of hydrogen-bond acceptors (Lipinski definition) is 6. The Morgan fingerprint density at radius 2 is 1.66 bits per heavy atom. The van der Waals surface area contributed by atoms with E-state index in [1.54, 1.807) is 36.4 Å². The molecule has 3 N–H and O–H groups in total. The van der Waals surface area contributed by atoms with Gasteiger partial charge in [0.15, 0.2) is 6.10 Å². The number of fused-ring (bicyclic) bond motifs is 1. The number of urea groups is 1. The van der Waals surface area contributed by atoms with Gasteiger partial charge < -0.3 is 10.5 Å². The predicted molar refractivity (Wildman–Crippen MR) is 99.7 cm³/mol. The molecule has 29 heavy (non-hydrogen) atoms. The molecule has 1 atom stereocenters. The van der Waals surface area contributed by atoms with Gasteiger partial charge in [-0.1, -0.05) is 24.3 Å². The van der Waals surface area contributed by atoms with Crippen molar-refractivity contribution in [2.24, 2.45) is 5.73 Å². The van der Waals surface area contributed by atoms with Crippen molar-refractivity contribution in [1.29, 1.82) is 0 Å². The molecule has 0 unspecified atom stereocenters. The highest BCUT2D eigenvalue weighted by Crippen LogP contribution is 2.24. The van der Waals surface area contributed by atoms with Gasteiger partial charge in [-0.3, -0.25) is 24.6 Å². The first-order valence-corrected chi connectivity index (χ1v) is 8.63. The third kappa shape index (κ3) is 4.13. The van der Waals surface area contributed by atoms with Gasteiger partial charge in [0.05, 0.1) is 23.2 Å². The van der Waals surface area contributed by atoms with Crippen LogP contribution >= 0.6 is 0 Å². The summed E-state index contributed by atoms with van der Waals surface area (Å²) in [6, 6.07) is 11.6. The zero-order valence-corrected chi connectivity index (χ0v) is 15.4. The molecular formula is C20H17N3O6. The molecule has 2 aromatic carbocycles. The van der Waals surface area contributed by atoms with Crippen LogP contribution in [0.4, 0.5) is 4.79 Å². The largest absolute Gasteiger partial charge is 0.449 e. The maximum Gasteiger partial charge on any atom is 0.338 e. The maximum atomic E-state index is 12.5. The van der Waals surface area contributed by atoms with Crippen molar-refractivity contribution in [3.05, 3.63) is 70.8 Å². The number of nitrogens with two attached hydrogens (primary N) is 1. The van der Waals surface area contributed by atoms with E-state index in [0.29, 0.717) is 16.7 Å². The van der Waals surface area contributed by atoms with E-state index in [1.165, 1.54) is 19.1 Å². The maximum absolute atomic E-state index is 12.5. The highest BCUT2D eigenvalue weighted by molar-refractivity contribution is 6.21. The minimum Gasteiger partial charge on any atom is -0.449 e. The second-order valence-corrected chi connectivity index (χ2v) is 6.34. The summed E-state index contributed by atoms with van der Waals surface area (Å²) in [5.74, 6) is -2.47. The lowest BCUT2D eigenvalue weighted by Gasteiger charge is -2.15. The van der Waals surface area contributed by atoms with Crippen LogP contribution in [0.15, 0.2) is 48.5 Å². The lowest BCUT2D eigenvalue weighted by atomic mass is 10.1. The molecule has 1 aliphatic heterocycles. The van der Waals surface area contributed by atoms with Crippen LogP contribution in [0.3, 0.4) is 0 Å². The van der Waals surface area contributed by atoms with E-state index in [4.69, 9.17) is 10.5 Å². The lowest BCUT2D eigenvalue weighted by Crippen LogP contribution is -2.42. The van der Waals surface area contributed by atoms with Crippen LogP contribution in [0.1, 0.15) is 43.6 Å². The highest BCUT2D eigenvalue weighted by atomic mass is 16.5. The number of ether oxygens (including phenoxy) is 1. The number of carbonyl (C=O) groups excluding carboxylic acids is 5. The third-order valence-electron chi connectivity index (χ3n) is 4.28. The van der Waals surface area contributed by atoms with Crippen LogP contribution in [0.5, 0.6) is 0 Å². The van der Waals surface area contributed by atoms with Gasteiger partial charge in [-0.2, -0.15) is 0 Å². The van der Waals surface area contributed by atoms with Crippen molar-refractivity contribution in [3.63, 3.8) is 0 Å². The molecule has 0 aromatic heterocycles. The molecular weight excluding hydrogens is 378 g/mol. The smallest absolute Gasteiger partial charge is 0.338 e. The minimum atomic E-state index is -1.24. The summed E-state index contributed by atoms with van der Waals surface area (Å²) in [6.07, 6.45) is -1.24. The number of rotatable bonds is 5. The van der Waals surface area contributed by atoms with Gasteiger partial charge in [0.25, 0.3) is 17.7 Å². The molecule has 1 heterocycles. The number of benzene rings is 2. The fourth-order valence-corrected chi connectivity index (χ4v) is 2.87. The van der Waals surface area contributed by atoms with Gasteiger partial charge in [0.2, 0.25) is 0 Å². The molecule has 0 bridgehead atoms. The van der Waals surface area contributed by atoms with Gasteiger partial charge in [0, 0.05) is 0 Å². The Balaban J connectivity index is 1.71. The summed E-state index contributed by atoms with van der Waals surface area (Å²) >= 11 is 0. The van der Waals surface area contributed by atoms with Crippen molar-refractivity contribution in [3.8, 4) is 0 Å². The molecule has 0 saturated heterocycles. The zero-order chi connectivity index (χ0) is 21.1. The quantitative estimate of drug-likeness (QED) is 0.577. The van der Waals surface area contributed by atoms with Crippen LogP contribution < -0.4 is 11.1 Å². The van der Waals surface area contributed by atoms with E-state index in [1.807, 2.05) is 5.32 Å². The Labute approximate surface area is 165 Å². The van der Waals surface area contributed by atoms with Crippen molar-refractivity contribution < 1.29 is 28.7 Å². The van der Waals surface area contributed by atoms with E-state index in [0.717, 1.165) is 4.90 Å². The van der Waals surface area contributed by atoms with Crippen molar-refractivity contribution in [1.82, 2.24) is 10.2 Å². The number of amides is 5. The Kier molecular flexibility index (Phi) is 5.40. The van der Waals surface area contributed by atoms with Gasteiger partial charge in [-0.15, -0.1) is 0 Å². The lowest BCUT2D eigenvalue weighted by molar-refractivity contribution is -0.127. The average Bonchev–Trinajstić information content (AvgIpc) is 2.93.